The highest BCUT2D eigenvalue weighted by atomic mass is 32.2. The first kappa shape index (κ1) is 19.3. The van der Waals surface area contributed by atoms with Crippen LogP contribution < -0.4 is 4.74 Å². The van der Waals surface area contributed by atoms with Gasteiger partial charge in [-0.05, 0) is 31.4 Å². The molecule has 0 saturated heterocycles. The molecule has 0 N–H and O–H groups in total. The van der Waals surface area contributed by atoms with Crippen LogP contribution in [0.1, 0.15) is 24.4 Å². The molecule has 5 nitrogen and oxygen atoms in total. The van der Waals surface area contributed by atoms with Gasteiger partial charge in [-0.2, -0.15) is 11.8 Å². The third-order valence-corrected chi connectivity index (χ3v) is 5.41. The van der Waals surface area contributed by atoms with Crippen LogP contribution in [0.15, 0.2) is 48.5 Å². The molecule has 0 aliphatic carbocycles. The van der Waals surface area contributed by atoms with Crippen LogP contribution in [0.25, 0.3) is 11.0 Å². The molecule has 3 aromatic rings. The molecule has 27 heavy (non-hydrogen) atoms. The molecular weight excluding hydrogens is 358 g/mol. The van der Waals surface area contributed by atoms with Gasteiger partial charge in [-0.1, -0.05) is 30.3 Å². The Bertz CT molecular complexity index is 938. The van der Waals surface area contributed by atoms with Crippen LogP contribution in [0.2, 0.25) is 0 Å². The van der Waals surface area contributed by atoms with E-state index >= 15 is 0 Å². The second-order valence-electron chi connectivity index (χ2n) is 6.46. The smallest absolute Gasteiger partial charge is 0.242 e. The van der Waals surface area contributed by atoms with Crippen molar-refractivity contribution in [1.29, 1.82) is 0 Å². The van der Waals surface area contributed by atoms with Crippen molar-refractivity contribution in [1.82, 2.24) is 14.5 Å². The van der Waals surface area contributed by atoms with Crippen molar-refractivity contribution in [2.45, 2.75) is 25.3 Å². The summed E-state index contributed by atoms with van der Waals surface area (Å²) in [5.41, 5.74) is 2.92. The van der Waals surface area contributed by atoms with Gasteiger partial charge in [0.25, 0.3) is 0 Å². The van der Waals surface area contributed by atoms with E-state index in [-0.39, 0.29) is 18.5 Å². The van der Waals surface area contributed by atoms with Gasteiger partial charge < -0.3 is 14.2 Å². The van der Waals surface area contributed by atoms with E-state index in [1.165, 1.54) is 0 Å². The Morgan fingerprint density at radius 2 is 1.93 bits per heavy atom. The lowest BCUT2D eigenvalue weighted by Crippen LogP contribution is -2.33. The standard InChI is InChI=1S/C21H25N3O2S/c1-15(16-9-5-8-12-19(16)26-3)23(2)21(25)13-24-18-11-7-6-10-17(18)22-20(24)14-27-4/h5-12,15H,13-14H2,1-4H3. The van der Waals surface area contributed by atoms with Gasteiger partial charge in [0.1, 0.15) is 18.1 Å². The molecule has 0 saturated carbocycles. The summed E-state index contributed by atoms with van der Waals surface area (Å²) in [5, 5.41) is 0. The number of aromatic nitrogens is 2. The fraction of sp³-hybridized carbons (Fsp3) is 0.333. The summed E-state index contributed by atoms with van der Waals surface area (Å²) in [6, 6.07) is 15.7. The second-order valence-corrected chi connectivity index (χ2v) is 7.32. The number of fused-ring (bicyclic) bond motifs is 1. The maximum atomic E-state index is 13.1. The van der Waals surface area contributed by atoms with Gasteiger partial charge in [0.2, 0.25) is 5.91 Å². The molecule has 0 spiro atoms. The number of carbonyl (C=O) groups excluding carboxylic acids is 1. The summed E-state index contributed by atoms with van der Waals surface area (Å²) in [7, 11) is 3.49. The predicted molar refractivity (Wildman–Crippen MR) is 111 cm³/mol. The molecule has 0 bridgehead atoms. The number of likely N-dealkylation sites (N-methyl/N-ethyl adjacent to an activating group) is 1. The molecule has 142 valence electrons. The van der Waals surface area contributed by atoms with Crippen molar-refractivity contribution >= 4 is 28.7 Å². The van der Waals surface area contributed by atoms with Gasteiger partial charge in [0.05, 0.1) is 29.9 Å². The predicted octanol–water partition coefficient (Wildman–Crippen LogP) is 4.13. The lowest BCUT2D eigenvalue weighted by molar-refractivity contribution is -0.132. The van der Waals surface area contributed by atoms with E-state index in [1.807, 2.05) is 73.3 Å². The minimum atomic E-state index is -0.0903. The number of benzene rings is 2. The Morgan fingerprint density at radius 3 is 2.67 bits per heavy atom. The molecule has 3 rings (SSSR count). The topological polar surface area (TPSA) is 47.4 Å². The van der Waals surface area contributed by atoms with Gasteiger partial charge in [-0.15, -0.1) is 0 Å². The molecule has 1 unspecified atom stereocenters. The van der Waals surface area contributed by atoms with E-state index in [4.69, 9.17) is 9.72 Å². The number of rotatable bonds is 7. The zero-order valence-electron chi connectivity index (χ0n) is 16.2. The Labute approximate surface area is 164 Å². The molecule has 0 fully saturated rings. The number of carbonyl (C=O) groups is 1. The van der Waals surface area contributed by atoms with Crippen molar-refractivity contribution in [3.63, 3.8) is 0 Å². The zero-order chi connectivity index (χ0) is 19.4. The van der Waals surface area contributed by atoms with Gasteiger partial charge in [-0.25, -0.2) is 4.98 Å². The van der Waals surface area contributed by atoms with Crippen LogP contribution in [-0.4, -0.2) is 40.8 Å². The van der Waals surface area contributed by atoms with Gasteiger partial charge in [0, 0.05) is 12.6 Å². The molecule has 0 aliphatic rings. The maximum absolute atomic E-state index is 13.1. The highest BCUT2D eigenvalue weighted by Gasteiger charge is 2.22. The lowest BCUT2D eigenvalue weighted by atomic mass is 10.1. The van der Waals surface area contributed by atoms with Crippen LogP contribution in [0, 0.1) is 0 Å². The van der Waals surface area contributed by atoms with Gasteiger partial charge >= 0.3 is 0 Å². The summed E-state index contributed by atoms with van der Waals surface area (Å²) in [6.07, 6.45) is 2.04. The van der Waals surface area contributed by atoms with Crippen molar-refractivity contribution in [3.8, 4) is 5.75 Å². The fourth-order valence-corrected chi connectivity index (χ4v) is 3.70. The van der Waals surface area contributed by atoms with Crippen molar-refractivity contribution < 1.29 is 9.53 Å². The number of imidazole rings is 1. The van der Waals surface area contributed by atoms with Gasteiger partial charge in [-0.3, -0.25) is 4.79 Å². The second kappa shape index (κ2) is 8.48. The normalized spacial score (nSPS) is 12.1. The van der Waals surface area contributed by atoms with Crippen molar-refractivity contribution in [2.75, 3.05) is 20.4 Å². The number of nitrogens with zero attached hydrogens (tertiary/aromatic N) is 3. The van der Waals surface area contributed by atoms with Gasteiger partial charge in [0.15, 0.2) is 0 Å². The Kier molecular flexibility index (Phi) is 6.06. The average Bonchev–Trinajstić information content (AvgIpc) is 3.04. The average molecular weight is 384 g/mol. The number of hydrogen-bond donors (Lipinski definition) is 0. The summed E-state index contributed by atoms with van der Waals surface area (Å²) in [5.74, 6) is 2.53. The van der Waals surface area contributed by atoms with E-state index in [0.717, 1.165) is 33.9 Å². The molecule has 0 aliphatic heterocycles. The third-order valence-electron chi connectivity index (χ3n) is 4.86. The molecule has 1 heterocycles. The van der Waals surface area contributed by atoms with E-state index < -0.39 is 0 Å². The molecular formula is C21H25N3O2S. The molecule has 0 radical (unpaired) electrons. The summed E-state index contributed by atoms with van der Waals surface area (Å²) in [4.78, 5) is 19.5. The Hall–Kier alpha value is -2.47. The molecule has 6 heteroatoms. The van der Waals surface area contributed by atoms with E-state index in [9.17, 15) is 4.79 Å². The third kappa shape index (κ3) is 3.95. The maximum Gasteiger partial charge on any atom is 0.242 e. The SMILES string of the molecule is COc1ccccc1C(C)N(C)C(=O)Cn1c(CSC)nc2ccccc21. The van der Waals surface area contributed by atoms with E-state index in [1.54, 1.807) is 23.8 Å². The molecule has 1 amide bonds. The first-order chi connectivity index (χ1) is 13.1. The number of hydrogen-bond acceptors (Lipinski definition) is 4. The summed E-state index contributed by atoms with van der Waals surface area (Å²) >= 11 is 1.70. The first-order valence-corrected chi connectivity index (χ1v) is 10.3. The van der Waals surface area contributed by atoms with Crippen LogP contribution in [0.3, 0.4) is 0 Å². The van der Waals surface area contributed by atoms with E-state index in [2.05, 4.69) is 0 Å². The first-order valence-electron chi connectivity index (χ1n) is 8.88. The summed E-state index contributed by atoms with van der Waals surface area (Å²) < 4.78 is 7.48. The van der Waals surface area contributed by atoms with Crippen LogP contribution in [0.5, 0.6) is 5.75 Å². The van der Waals surface area contributed by atoms with Crippen molar-refractivity contribution in [2.24, 2.45) is 0 Å². The Morgan fingerprint density at radius 1 is 1.22 bits per heavy atom. The molecule has 1 atom stereocenters. The molecule has 1 aromatic heterocycles. The number of thioether (sulfide) groups is 1. The quantitative estimate of drug-likeness (QED) is 0.616. The minimum absolute atomic E-state index is 0.0407. The zero-order valence-corrected chi connectivity index (χ0v) is 17.0. The lowest BCUT2D eigenvalue weighted by Gasteiger charge is -2.27. The van der Waals surface area contributed by atoms with E-state index in [0.29, 0.717) is 0 Å². The number of ether oxygens (including phenoxy) is 1. The number of amides is 1. The number of para-hydroxylation sites is 3. The van der Waals surface area contributed by atoms with Crippen LogP contribution in [-0.2, 0) is 17.1 Å². The monoisotopic (exact) mass is 383 g/mol. The fourth-order valence-electron chi connectivity index (χ4n) is 3.22. The van der Waals surface area contributed by atoms with Crippen molar-refractivity contribution in [3.05, 3.63) is 59.9 Å². The van der Waals surface area contributed by atoms with Crippen LogP contribution >= 0.6 is 11.8 Å². The summed E-state index contributed by atoms with van der Waals surface area (Å²) in [6.45, 7) is 2.29. The van der Waals surface area contributed by atoms with Crippen LogP contribution in [0.4, 0.5) is 0 Å². The largest absolute Gasteiger partial charge is 0.496 e. The Balaban J connectivity index is 1.86. The molecule has 2 aromatic carbocycles. The number of methoxy groups -OCH3 is 1. The minimum Gasteiger partial charge on any atom is -0.496 e. The highest BCUT2D eigenvalue weighted by molar-refractivity contribution is 7.97. The highest BCUT2D eigenvalue weighted by Crippen LogP contribution is 2.28.